The van der Waals surface area contributed by atoms with E-state index >= 15 is 0 Å². The summed E-state index contributed by atoms with van der Waals surface area (Å²) in [6.45, 7) is 2.61. The third-order valence-corrected chi connectivity index (χ3v) is 4.11. The predicted molar refractivity (Wildman–Crippen MR) is 104 cm³/mol. The van der Waals surface area contributed by atoms with Crippen LogP contribution in [0.2, 0.25) is 0 Å². The molecule has 7 nitrogen and oxygen atoms in total. The second-order valence-corrected chi connectivity index (χ2v) is 6.16. The molecule has 2 aromatic carbocycles. The second kappa shape index (κ2) is 8.94. The Hall–Kier alpha value is -3.48. The largest absolute Gasteiger partial charge is 0.494 e. The molecule has 0 saturated carbocycles. The lowest BCUT2D eigenvalue weighted by Crippen LogP contribution is -2.30. The average molecular weight is 379 g/mol. The van der Waals surface area contributed by atoms with E-state index < -0.39 is 5.97 Å². The first-order valence-electron chi connectivity index (χ1n) is 8.90. The number of carbonyl (C=O) groups excluding carboxylic acids is 2. The van der Waals surface area contributed by atoms with Gasteiger partial charge in [0.1, 0.15) is 5.75 Å². The zero-order valence-corrected chi connectivity index (χ0v) is 15.8. The molecular weight excluding hydrogens is 358 g/mol. The third-order valence-electron chi connectivity index (χ3n) is 4.11. The predicted octanol–water partition coefficient (Wildman–Crippen LogP) is 2.84. The van der Waals surface area contributed by atoms with Crippen molar-refractivity contribution in [3.05, 3.63) is 66.0 Å². The van der Waals surface area contributed by atoms with Gasteiger partial charge in [0.25, 0.3) is 5.91 Å². The van der Waals surface area contributed by atoms with Gasteiger partial charge in [0.2, 0.25) is 0 Å². The fourth-order valence-corrected chi connectivity index (χ4v) is 2.63. The molecule has 3 rings (SSSR count). The highest BCUT2D eigenvalue weighted by Gasteiger charge is 2.14. The van der Waals surface area contributed by atoms with Crippen LogP contribution in [0, 0.1) is 0 Å². The van der Waals surface area contributed by atoms with E-state index in [1.807, 2.05) is 31.2 Å². The Labute approximate surface area is 162 Å². The highest BCUT2D eigenvalue weighted by atomic mass is 16.5. The molecule has 0 unspecified atom stereocenters. The normalized spacial score (nSPS) is 10.5. The molecule has 0 spiro atoms. The van der Waals surface area contributed by atoms with Crippen LogP contribution in [0.5, 0.6) is 5.75 Å². The lowest BCUT2D eigenvalue weighted by molar-refractivity contribution is -0.133. The van der Waals surface area contributed by atoms with Gasteiger partial charge in [-0.15, -0.1) is 0 Å². The van der Waals surface area contributed by atoms with Crippen LogP contribution in [0.25, 0.3) is 11.0 Å². The van der Waals surface area contributed by atoms with Crippen LogP contribution in [0.15, 0.2) is 54.9 Å². The summed E-state index contributed by atoms with van der Waals surface area (Å²) >= 11 is 0. The Bertz CT molecular complexity index is 973. The summed E-state index contributed by atoms with van der Waals surface area (Å²) in [5.41, 5.74) is 2.56. The van der Waals surface area contributed by atoms with Crippen LogP contribution in [0.1, 0.15) is 22.8 Å². The molecule has 3 aromatic rings. The van der Waals surface area contributed by atoms with Crippen molar-refractivity contribution in [3.63, 3.8) is 0 Å². The topological polar surface area (TPSA) is 81.6 Å². The molecule has 144 valence electrons. The van der Waals surface area contributed by atoms with Gasteiger partial charge in [-0.25, -0.2) is 4.79 Å². The molecule has 0 radical (unpaired) electrons. The van der Waals surface area contributed by atoms with Crippen molar-refractivity contribution in [2.75, 3.05) is 20.3 Å². The van der Waals surface area contributed by atoms with Crippen molar-refractivity contribution in [2.45, 2.75) is 13.5 Å². The number of amides is 1. The Kier molecular flexibility index (Phi) is 6.16. The zero-order valence-electron chi connectivity index (χ0n) is 15.8. The SMILES string of the molecule is CCOc1ccc(CN(C)C(=O)COC(=O)c2ccc3nccnc3c2)cc1. The van der Waals surface area contributed by atoms with E-state index in [1.54, 1.807) is 37.6 Å². The molecular formula is C21H21N3O4. The van der Waals surface area contributed by atoms with Gasteiger partial charge in [-0.1, -0.05) is 12.1 Å². The smallest absolute Gasteiger partial charge is 0.338 e. The van der Waals surface area contributed by atoms with E-state index in [0.717, 1.165) is 11.3 Å². The van der Waals surface area contributed by atoms with Crippen molar-refractivity contribution in [1.82, 2.24) is 14.9 Å². The number of benzene rings is 2. The fraction of sp³-hybridized carbons (Fsp3) is 0.238. The molecule has 0 saturated heterocycles. The molecule has 0 aliphatic heterocycles. The zero-order chi connectivity index (χ0) is 19.9. The van der Waals surface area contributed by atoms with E-state index in [9.17, 15) is 9.59 Å². The van der Waals surface area contributed by atoms with Crippen LogP contribution in [0.3, 0.4) is 0 Å². The van der Waals surface area contributed by atoms with E-state index in [1.165, 1.54) is 4.90 Å². The average Bonchev–Trinajstić information content (AvgIpc) is 2.73. The number of aromatic nitrogens is 2. The Morgan fingerprint density at radius 3 is 2.43 bits per heavy atom. The maximum absolute atomic E-state index is 12.3. The third kappa shape index (κ3) is 4.82. The Morgan fingerprint density at radius 2 is 1.71 bits per heavy atom. The van der Waals surface area contributed by atoms with Gasteiger partial charge in [0.15, 0.2) is 6.61 Å². The molecule has 0 atom stereocenters. The monoisotopic (exact) mass is 379 g/mol. The minimum absolute atomic E-state index is 0.289. The summed E-state index contributed by atoms with van der Waals surface area (Å²) in [4.78, 5) is 34.3. The maximum Gasteiger partial charge on any atom is 0.338 e. The van der Waals surface area contributed by atoms with E-state index in [4.69, 9.17) is 9.47 Å². The number of hydrogen-bond acceptors (Lipinski definition) is 6. The quantitative estimate of drug-likeness (QED) is 0.587. The highest BCUT2D eigenvalue weighted by Crippen LogP contribution is 2.14. The standard InChI is InChI=1S/C21H21N3O4/c1-3-27-17-7-4-15(5-8-17)13-24(2)20(25)14-28-21(26)16-6-9-18-19(12-16)23-11-10-22-18/h4-12H,3,13-14H2,1-2H3. The fourth-order valence-electron chi connectivity index (χ4n) is 2.63. The maximum atomic E-state index is 12.3. The van der Waals surface area contributed by atoms with Crippen molar-refractivity contribution in [3.8, 4) is 5.75 Å². The minimum atomic E-state index is -0.574. The van der Waals surface area contributed by atoms with Gasteiger partial charge in [0.05, 0.1) is 23.2 Å². The van der Waals surface area contributed by atoms with Crippen molar-refractivity contribution in [2.24, 2.45) is 0 Å². The summed E-state index contributed by atoms with van der Waals surface area (Å²) < 4.78 is 10.6. The first kappa shape index (κ1) is 19.3. The molecule has 0 aliphatic rings. The Morgan fingerprint density at radius 1 is 1.00 bits per heavy atom. The number of carbonyl (C=O) groups is 2. The first-order chi connectivity index (χ1) is 13.6. The summed E-state index contributed by atoms with van der Waals surface area (Å²) in [6.07, 6.45) is 3.13. The van der Waals surface area contributed by atoms with E-state index in [2.05, 4.69) is 9.97 Å². The van der Waals surface area contributed by atoms with Crippen LogP contribution < -0.4 is 4.74 Å². The molecule has 28 heavy (non-hydrogen) atoms. The van der Waals surface area contributed by atoms with Gasteiger partial charge in [0, 0.05) is 26.0 Å². The summed E-state index contributed by atoms with van der Waals surface area (Å²) in [6, 6.07) is 12.4. The van der Waals surface area contributed by atoms with Gasteiger partial charge in [-0.3, -0.25) is 14.8 Å². The number of fused-ring (bicyclic) bond motifs is 1. The van der Waals surface area contributed by atoms with Crippen molar-refractivity contribution < 1.29 is 19.1 Å². The molecule has 0 fully saturated rings. The molecule has 0 bridgehead atoms. The summed E-state index contributed by atoms with van der Waals surface area (Å²) in [5, 5.41) is 0. The molecule has 7 heteroatoms. The molecule has 1 heterocycles. The van der Waals surface area contributed by atoms with Gasteiger partial charge in [-0.2, -0.15) is 0 Å². The number of nitrogens with zero attached hydrogens (tertiary/aromatic N) is 3. The van der Waals surface area contributed by atoms with Gasteiger partial charge >= 0.3 is 5.97 Å². The number of likely N-dealkylation sites (N-methyl/N-ethyl adjacent to an activating group) is 1. The summed E-state index contributed by atoms with van der Waals surface area (Å²) in [7, 11) is 1.66. The van der Waals surface area contributed by atoms with Crippen LogP contribution in [0.4, 0.5) is 0 Å². The number of rotatable bonds is 7. The lowest BCUT2D eigenvalue weighted by Gasteiger charge is -2.17. The van der Waals surface area contributed by atoms with Crippen LogP contribution in [-0.2, 0) is 16.1 Å². The van der Waals surface area contributed by atoms with Crippen LogP contribution >= 0.6 is 0 Å². The van der Waals surface area contributed by atoms with E-state index in [0.29, 0.717) is 29.7 Å². The second-order valence-electron chi connectivity index (χ2n) is 6.16. The Balaban J connectivity index is 1.53. The summed E-state index contributed by atoms with van der Waals surface area (Å²) in [5.74, 6) is -0.0765. The number of hydrogen-bond donors (Lipinski definition) is 0. The van der Waals surface area contributed by atoms with Gasteiger partial charge < -0.3 is 14.4 Å². The van der Waals surface area contributed by atoms with E-state index in [-0.39, 0.29) is 12.5 Å². The molecule has 1 aromatic heterocycles. The highest BCUT2D eigenvalue weighted by molar-refractivity contribution is 5.94. The number of ether oxygens (including phenoxy) is 2. The van der Waals surface area contributed by atoms with Gasteiger partial charge in [-0.05, 0) is 42.8 Å². The molecule has 0 N–H and O–H groups in total. The molecule has 1 amide bonds. The molecule has 0 aliphatic carbocycles. The number of esters is 1. The first-order valence-corrected chi connectivity index (χ1v) is 8.90. The van der Waals surface area contributed by atoms with Crippen molar-refractivity contribution >= 4 is 22.9 Å². The lowest BCUT2D eigenvalue weighted by atomic mass is 10.2. The minimum Gasteiger partial charge on any atom is -0.494 e. The van der Waals surface area contributed by atoms with Crippen LogP contribution in [-0.4, -0.2) is 47.0 Å². The van der Waals surface area contributed by atoms with Crippen molar-refractivity contribution in [1.29, 1.82) is 0 Å².